The van der Waals surface area contributed by atoms with Crippen LogP contribution in [0.15, 0.2) is 164 Å². The van der Waals surface area contributed by atoms with E-state index in [2.05, 4.69) is 58.4 Å². The summed E-state index contributed by atoms with van der Waals surface area (Å²) >= 11 is 15.3. The van der Waals surface area contributed by atoms with Gasteiger partial charge in [-0.2, -0.15) is 0 Å². The minimum atomic E-state index is -0.750. The molecule has 0 bridgehead atoms. The minimum absolute atomic E-state index is 0. The van der Waals surface area contributed by atoms with E-state index in [9.17, 15) is 33.9 Å². The van der Waals surface area contributed by atoms with Gasteiger partial charge in [0.05, 0.1) is 18.0 Å². The molecule has 0 saturated carbocycles. The topological polar surface area (TPSA) is 171 Å². The quantitative estimate of drug-likeness (QED) is 0.0970. The number of piperazine rings is 1. The number of amides is 5. The molecule has 1 saturated heterocycles. The van der Waals surface area contributed by atoms with Crippen LogP contribution in [0.1, 0.15) is 103 Å². The first-order chi connectivity index (χ1) is 37.1. The summed E-state index contributed by atoms with van der Waals surface area (Å²) in [7, 11) is 0. The second kappa shape index (κ2) is 32.1. The Balaban J connectivity index is 0.000000197. The molecule has 4 aliphatic rings. The molecule has 0 unspecified atom stereocenters. The van der Waals surface area contributed by atoms with Gasteiger partial charge in [-0.3, -0.25) is 28.8 Å². The van der Waals surface area contributed by atoms with E-state index < -0.39 is 10.8 Å². The van der Waals surface area contributed by atoms with Gasteiger partial charge in [-0.05, 0) is 107 Å². The SMILES string of the molecule is CC(C)(C)[O-].O=C(Cl)CCl.O=C(NC[C@@H]1NCCc2ccccc21)c1ccccc1.O=C(NC[C@H]1c2ccccc2CCN1C(=O)CCl)c1ccccc1.O=C(c1ccccc1)N1CC(=O)N2CCc3ccccc3[C@@H]2C1.[K+]. The molecule has 0 spiro atoms. The fourth-order valence-corrected chi connectivity index (χ4v) is 9.54. The molecule has 13 nitrogen and oxygen atoms in total. The first-order valence-electron chi connectivity index (χ1n) is 25.6. The molecule has 4 heterocycles. The predicted octanol–water partition coefficient (Wildman–Crippen LogP) is 5.49. The van der Waals surface area contributed by atoms with Gasteiger partial charge >= 0.3 is 51.4 Å². The molecule has 6 aromatic carbocycles. The standard InChI is InChI=1S/C19H19ClN2O2.C19H18N2O2.C17H18N2O.C4H9O.C2H2Cl2O.K/c20-12-18(23)22-11-10-14-6-4-5-9-16(14)17(22)13-21-19(24)15-7-2-1-3-8-15;22-18-13-20(19(23)15-7-2-1-3-8-15)12-17-16-9-5-4-6-14(16)10-11-21(17)18;20-17(14-7-2-1-3-8-14)19-12-16-15-9-5-4-6-13(15)10-11-18-16;1-4(2,3)5;3-1-2(4)5;/h1-9,17H,10-13H2,(H,21,24);1-9,17H,10-13H2;1-9,16,18H,10-12H2,(H,19,20);1-3H3;1H2;/q;;;-1;;+1/t2*17-;16-;;;/m000.../s1. The largest absolute Gasteiger partial charge is 1.00 e. The van der Waals surface area contributed by atoms with Crippen LogP contribution in [0.3, 0.4) is 0 Å². The predicted molar refractivity (Wildman–Crippen MR) is 302 cm³/mol. The van der Waals surface area contributed by atoms with Crippen molar-refractivity contribution in [2.45, 2.75) is 63.8 Å². The van der Waals surface area contributed by atoms with Crippen molar-refractivity contribution in [3.05, 3.63) is 214 Å². The van der Waals surface area contributed by atoms with Crippen LogP contribution in [0.2, 0.25) is 0 Å². The summed E-state index contributed by atoms with van der Waals surface area (Å²) in [6, 6.07) is 52.3. The van der Waals surface area contributed by atoms with Crippen molar-refractivity contribution in [3.8, 4) is 0 Å². The molecule has 3 N–H and O–H groups in total. The Morgan fingerprint density at radius 3 is 1.56 bits per heavy atom. The van der Waals surface area contributed by atoms with E-state index in [0.717, 1.165) is 37.9 Å². The van der Waals surface area contributed by atoms with Crippen LogP contribution < -0.4 is 72.4 Å². The summed E-state index contributed by atoms with van der Waals surface area (Å²) in [5.74, 6) is -0.438. The van der Waals surface area contributed by atoms with Crippen LogP contribution in [0, 0.1) is 0 Å². The van der Waals surface area contributed by atoms with Gasteiger partial charge in [0.15, 0.2) is 0 Å². The van der Waals surface area contributed by atoms with E-state index in [4.69, 9.17) is 34.8 Å². The van der Waals surface area contributed by atoms with Crippen molar-refractivity contribution in [2.24, 2.45) is 0 Å². The zero-order chi connectivity index (χ0) is 55.3. The van der Waals surface area contributed by atoms with Crippen LogP contribution >= 0.6 is 34.8 Å². The zero-order valence-corrected chi connectivity index (χ0v) is 50.0. The number of carbonyl (C=O) groups is 6. The van der Waals surface area contributed by atoms with Crippen molar-refractivity contribution < 1.29 is 85.3 Å². The Kier molecular flexibility index (Phi) is 26.2. The number of carbonyl (C=O) groups excluding carboxylic acids is 6. The molecule has 404 valence electrons. The molecular weight excluding hydrogens is 1070 g/mol. The molecule has 10 rings (SSSR count). The van der Waals surface area contributed by atoms with Gasteiger partial charge in [-0.15, -0.1) is 28.8 Å². The second-order valence-electron chi connectivity index (χ2n) is 19.5. The van der Waals surface area contributed by atoms with Gasteiger partial charge in [0.25, 0.3) is 17.7 Å². The summed E-state index contributed by atoms with van der Waals surface area (Å²) in [6.07, 6.45) is 2.76. The molecule has 0 aliphatic carbocycles. The monoisotopic (exact) mass is 1140 g/mol. The van der Waals surface area contributed by atoms with Crippen LogP contribution in [-0.2, 0) is 33.6 Å². The summed E-state index contributed by atoms with van der Waals surface area (Å²) in [5.41, 5.74) is 8.64. The Morgan fingerprint density at radius 1 is 0.603 bits per heavy atom. The maximum atomic E-state index is 12.7. The van der Waals surface area contributed by atoms with Crippen molar-refractivity contribution in [1.29, 1.82) is 0 Å². The van der Waals surface area contributed by atoms with Crippen LogP contribution in [-0.4, -0.2) is 113 Å². The molecular formula is C61H66Cl3KN6O7. The number of hydrogen-bond donors (Lipinski definition) is 3. The van der Waals surface area contributed by atoms with Gasteiger partial charge < -0.3 is 35.8 Å². The number of hydrogen-bond acceptors (Lipinski definition) is 8. The first kappa shape index (κ1) is 63.6. The number of benzene rings is 6. The van der Waals surface area contributed by atoms with Gasteiger partial charge in [0.2, 0.25) is 17.1 Å². The molecule has 0 aromatic heterocycles. The van der Waals surface area contributed by atoms with Crippen molar-refractivity contribution in [3.63, 3.8) is 0 Å². The maximum Gasteiger partial charge on any atom is 1.00 e. The van der Waals surface area contributed by atoms with Crippen molar-refractivity contribution >= 4 is 69.6 Å². The number of nitrogens with one attached hydrogen (secondary N) is 3. The van der Waals surface area contributed by atoms with Gasteiger partial charge in [0, 0.05) is 55.5 Å². The van der Waals surface area contributed by atoms with Crippen LogP contribution in [0.4, 0.5) is 0 Å². The summed E-state index contributed by atoms with van der Waals surface area (Å²) in [6.45, 7) is 8.94. The average Bonchev–Trinajstić information content (AvgIpc) is 3.59. The third-order valence-corrected chi connectivity index (χ3v) is 13.7. The molecule has 1 fully saturated rings. The number of alkyl halides is 2. The minimum Gasteiger partial charge on any atom is -0.850 e. The van der Waals surface area contributed by atoms with Crippen molar-refractivity contribution in [1.82, 2.24) is 30.7 Å². The molecule has 17 heteroatoms. The summed E-state index contributed by atoms with van der Waals surface area (Å²) < 4.78 is 0. The van der Waals surface area contributed by atoms with Gasteiger partial charge in [0.1, 0.15) is 12.4 Å². The van der Waals surface area contributed by atoms with E-state index in [0.29, 0.717) is 42.9 Å². The normalized spacial score (nSPS) is 16.6. The number of fused-ring (bicyclic) bond motifs is 5. The molecule has 3 atom stereocenters. The summed E-state index contributed by atoms with van der Waals surface area (Å²) in [5, 5.41) is 19.0. The summed E-state index contributed by atoms with van der Waals surface area (Å²) in [4.78, 5) is 76.6. The first-order valence-corrected chi connectivity index (χ1v) is 27.1. The Morgan fingerprint density at radius 2 is 1.04 bits per heavy atom. The van der Waals surface area contributed by atoms with Gasteiger partial charge in [-0.1, -0.05) is 148 Å². The molecule has 6 aromatic rings. The van der Waals surface area contributed by atoms with E-state index in [1.54, 1.807) is 54.8 Å². The number of halogens is 3. The fourth-order valence-electron chi connectivity index (χ4n) is 9.38. The zero-order valence-electron chi connectivity index (χ0n) is 44.6. The van der Waals surface area contributed by atoms with Gasteiger partial charge in [-0.25, -0.2) is 0 Å². The third kappa shape index (κ3) is 19.2. The Labute approximate surface area is 515 Å². The molecule has 4 aliphatic heterocycles. The fraction of sp³-hybridized carbons (Fsp3) is 0.311. The molecule has 0 radical (unpaired) electrons. The second-order valence-corrected chi connectivity index (χ2v) is 20.5. The smallest absolute Gasteiger partial charge is 0.850 e. The molecule has 5 amide bonds. The van der Waals surface area contributed by atoms with E-state index in [-0.39, 0.29) is 117 Å². The maximum absolute atomic E-state index is 12.7. The number of rotatable bonds is 9. The van der Waals surface area contributed by atoms with Crippen LogP contribution in [0.5, 0.6) is 0 Å². The van der Waals surface area contributed by atoms with E-state index >= 15 is 0 Å². The van der Waals surface area contributed by atoms with E-state index in [1.165, 1.54) is 27.8 Å². The van der Waals surface area contributed by atoms with E-state index in [1.807, 2.05) is 102 Å². The third-order valence-electron chi connectivity index (χ3n) is 12.9. The Bertz CT molecular complexity index is 2910. The average molecular weight is 1140 g/mol. The number of nitrogens with zero attached hydrogens (tertiary/aromatic N) is 3. The Hall–Kier alpha value is -5.23. The van der Waals surface area contributed by atoms with Crippen LogP contribution in [0.25, 0.3) is 0 Å². The van der Waals surface area contributed by atoms with Crippen molar-refractivity contribution in [2.75, 3.05) is 57.6 Å². The molecule has 78 heavy (non-hydrogen) atoms.